The number of hydrogen-bond acceptors (Lipinski definition) is 4. The third kappa shape index (κ3) is 5.27. The van der Waals surface area contributed by atoms with Gasteiger partial charge in [-0.2, -0.15) is 0 Å². The topological polar surface area (TPSA) is 86.8 Å². The molecule has 0 radical (unpaired) electrons. The summed E-state index contributed by atoms with van der Waals surface area (Å²) in [6.45, 7) is 5.90. The van der Waals surface area contributed by atoms with Gasteiger partial charge in [-0.1, -0.05) is 25.0 Å². The second kappa shape index (κ2) is 10.2. The predicted octanol–water partition coefficient (Wildman–Crippen LogP) is 4.18. The Kier molecular flexibility index (Phi) is 7.26. The third-order valence-electron chi connectivity index (χ3n) is 6.92. The summed E-state index contributed by atoms with van der Waals surface area (Å²) in [5, 5.41) is 0. The van der Waals surface area contributed by atoms with Crippen molar-refractivity contribution in [1.82, 2.24) is 4.90 Å². The molecule has 0 spiro atoms. The molecule has 0 aliphatic carbocycles. The Morgan fingerprint density at radius 2 is 1.62 bits per heavy atom. The molecule has 1 saturated heterocycles. The van der Waals surface area contributed by atoms with Crippen LogP contribution in [0.25, 0.3) is 0 Å². The Morgan fingerprint density at radius 1 is 0.912 bits per heavy atom. The molecule has 34 heavy (non-hydrogen) atoms. The largest absolute Gasteiger partial charge is 0.343 e. The number of fused-ring (bicyclic) bond motifs is 1. The standard InChI is InChI=1S/C26H33N3O4S/c1-19-8-7-9-23(20(19)2)27-34(32,33)22-10-11-24-21(18-22)14-17-29(24)26(31)13-12-25(30)28-15-5-3-4-6-16-28/h7-11,18,27H,3-6,12-17H2,1-2H3. The molecule has 182 valence electrons. The van der Waals surface area contributed by atoms with Gasteiger partial charge in [0.05, 0.1) is 10.6 Å². The number of amides is 2. The van der Waals surface area contributed by atoms with Crippen molar-refractivity contribution in [2.24, 2.45) is 0 Å². The molecule has 0 saturated carbocycles. The summed E-state index contributed by atoms with van der Waals surface area (Å²) >= 11 is 0. The van der Waals surface area contributed by atoms with Crippen LogP contribution in [0.4, 0.5) is 11.4 Å². The van der Waals surface area contributed by atoms with E-state index < -0.39 is 10.0 Å². The first-order chi connectivity index (χ1) is 16.3. The number of rotatable bonds is 6. The number of benzene rings is 2. The maximum Gasteiger partial charge on any atom is 0.261 e. The Bertz CT molecular complexity index is 1180. The molecule has 7 nitrogen and oxygen atoms in total. The van der Waals surface area contributed by atoms with Crippen LogP contribution in [0.15, 0.2) is 41.3 Å². The number of carbonyl (C=O) groups excluding carboxylic acids is 2. The molecule has 1 fully saturated rings. The lowest BCUT2D eigenvalue weighted by molar-refractivity contribution is -0.133. The highest BCUT2D eigenvalue weighted by Crippen LogP contribution is 2.32. The molecular formula is C26H33N3O4S. The number of hydrogen-bond donors (Lipinski definition) is 1. The number of sulfonamides is 1. The van der Waals surface area contributed by atoms with Gasteiger partial charge in [-0.3, -0.25) is 14.3 Å². The van der Waals surface area contributed by atoms with E-state index in [1.54, 1.807) is 29.2 Å². The first-order valence-corrected chi connectivity index (χ1v) is 13.5. The van der Waals surface area contributed by atoms with E-state index in [-0.39, 0.29) is 29.6 Å². The van der Waals surface area contributed by atoms with Gasteiger partial charge in [0.1, 0.15) is 0 Å². The number of aryl methyl sites for hydroxylation is 1. The third-order valence-corrected chi connectivity index (χ3v) is 8.28. The summed E-state index contributed by atoms with van der Waals surface area (Å²) in [6, 6.07) is 10.4. The average Bonchev–Trinajstić information content (AvgIpc) is 3.04. The number of nitrogens with zero attached hydrogens (tertiary/aromatic N) is 2. The highest BCUT2D eigenvalue weighted by molar-refractivity contribution is 7.92. The number of anilines is 2. The first-order valence-electron chi connectivity index (χ1n) is 12.1. The van der Waals surface area contributed by atoms with Gasteiger partial charge in [-0.15, -0.1) is 0 Å². The Morgan fingerprint density at radius 3 is 2.35 bits per heavy atom. The minimum Gasteiger partial charge on any atom is -0.343 e. The normalized spacial score (nSPS) is 16.2. The van der Waals surface area contributed by atoms with Gasteiger partial charge in [0.2, 0.25) is 11.8 Å². The summed E-state index contributed by atoms with van der Waals surface area (Å²) in [5.74, 6) is -0.0420. The van der Waals surface area contributed by atoms with Crippen LogP contribution in [0.2, 0.25) is 0 Å². The molecule has 0 unspecified atom stereocenters. The Labute approximate surface area is 202 Å². The fourth-order valence-corrected chi connectivity index (χ4v) is 5.87. The molecule has 1 N–H and O–H groups in total. The van der Waals surface area contributed by atoms with E-state index >= 15 is 0 Å². The minimum atomic E-state index is -3.75. The lowest BCUT2D eigenvalue weighted by Gasteiger charge is -2.21. The molecule has 8 heteroatoms. The van der Waals surface area contributed by atoms with Crippen LogP contribution in [0.1, 0.15) is 55.2 Å². The minimum absolute atomic E-state index is 0.0497. The highest BCUT2D eigenvalue weighted by Gasteiger charge is 2.27. The molecule has 2 aliphatic heterocycles. The SMILES string of the molecule is Cc1cccc(NS(=O)(=O)c2ccc3c(c2)CCN3C(=O)CCC(=O)N2CCCCCC2)c1C. The van der Waals surface area contributed by atoms with Crippen molar-refractivity contribution in [1.29, 1.82) is 0 Å². The molecule has 2 heterocycles. The predicted molar refractivity (Wildman–Crippen MR) is 134 cm³/mol. The van der Waals surface area contributed by atoms with Crippen molar-refractivity contribution in [3.8, 4) is 0 Å². The average molecular weight is 484 g/mol. The van der Waals surface area contributed by atoms with E-state index in [0.29, 0.717) is 18.7 Å². The van der Waals surface area contributed by atoms with E-state index in [1.807, 2.05) is 30.9 Å². The molecular weight excluding hydrogens is 450 g/mol. The fraction of sp³-hybridized carbons (Fsp3) is 0.462. The van der Waals surface area contributed by atoms with E-state index in [1.165, 1.54) is 0 Å². The van der Waals surface area contributed by atoms with Crippen LogP contribution in [0, 0.1) is 13.8 Å². The molecule has 0 atom stereocenters. The molecule has 2 aromatic rings. The second-order valence-corrected chi connectivity index (χ2v) is 10.9. The van der Waals surface area contributed by atoms with Crippen molar-refractivity contribution < 1.29 is 18.0 Å². The Balaban J connectivity index is 1.42. The summed E-state index contributed by atoms with van der Waals surface area (Å²) in [6.07, 6.45) is 5.36. The van der Waals surface area contributed by atoms with E-state index in [2.05, 4.69) is 4.72 Å². The molecule has 2 aliphatic rings. The van der Waals surface area contributed by atoms with Crippen molar-refractivity contribution >= 4 is 33.2 Å². The van der Waals surface area contributed by atoms with Gasteiger partial charge in [-0.25, -0.2) is 8.42 Å². The van der Waals surface area contributed by atoms with Gasteiger partial charge in [0, 0.05) is 38.2 Å². The van der Waals surface area contributed by atoms with Crippen LogP contribution >= 0.6 is 0 Å². The first kappa shape index (κ1) is 24.3. The van der Waals surface area contributed by atoms with Crippen LogP contribution in [-0.2, 0) is 26.0 Å². The summed E-state index contributed by atoms with van der Waals surface area (Å²) in [5.41, 5.74) is 4.02. The monoisotopic (exact) mass is 483 g/mol. The van der Waals surface area contributed by atoms with Crippen LogP contribution < -0.4 is 9.62 Å². The smallest absolute Gasteiger partial charge is 0.261 e. The van der Waals surface area contributed by atoms with Crippen molar-refractivity contribution in [3.05, 3.63) is 53.1 Å². The molecule has 2 amide bonds. The van der Waals surface area contributed by atoms with Crippen LogP contribution in [-0.4, -0.2) is 44.8 Å². The van der Waals surface area contributed by atoms with Gasteiger partial charge >= 0.3 is 0 Å². The van der Waals surface area contributed by atoms with Gasteiger partial charge in [0.15, 0.2) is 0 Å². The zero-order chi connectivity index (χ0) is 24.3. The summed E-state index contributed by atoms with van der Waals surface area (Å²) < 4.78 is 28.7. The lowest BCUT2D eigenvalue weighted by atomic mass is 10.1. The van der Waals surface area contributed by atoms with Gasteiger partial charge in [-0.05, 0) is 74.1 Å². The molecule has 0 aromatic heterocycles. The van der Waals surface area contributed by atoms with Crippen LogP contribution in [0.5, 0.6) is 0 Å². The van der Waals surface area contributed by atoms with Gasteiger partial charge in [0.25, 0.3) is 10.0 Å². The molecule has 2 aromatic carbocycles. The van der Waals surface area contributed by atoms with Gasteiger partial charge < -0.3 is 9.80 Å². The van der Waals surface area contributed by atoms with E-state index in [0.717, 1.165) is 61.2 Å². The van der Waals surface area contributed by atoms with Crippen molar-refractivity contribution in [3.63, 3.8) is 0 Å². The zero-order valence-electron chi connectivity index (χ0n) is 20.0. The Hall–Kier alpha value is -2.87. The number of nitrogens with one attached hydrogen (secondary N) is 1. The highest BCUT2D eigenvalue weighted by atomic mass is 32.2. The maximum absolute atomic E-state index is 13.0. The van der Waals surface area contributed by atoms with E-state index in [9.17, 15) is 18.0 Å². The van der Waals surface area contributed by atoms with Crippen molar-refractivity contribution in [2.45, 2.75) is 63.7 Å². The number of likely N-dealkylation sites (tertiary alicyclic amines) is 1. The fourth-order valence-electron chi connectivity index (χ4n) is 4.70. The van der Waals surface area contributed by atoms with Crippen LogP contribution in [0.3, 0.4) is 0 Å². The summed E-state index contributed by atoms with van der Waals surface area (Å²) in [7, 11) is -3.75. The lowest BCUT2D eigenvalue weighted by Crippen LogP contribution is -2.34. The zero-order valence-corrected chi connectivity index (χ0v) is 20.8. The second-order valence-electron chi connectivity index (χ2n) is 9.23. The number of carbonyl (C=O) groups is 2. The van der Waals surface area contributed by atoms with E-state index in [4.69, 9.17) is 0 Å². The quantitative estimate of drug-likeness (QED) is 0.668. The maximum atomic E-state index is 13.0. The summed E-state index contributed by atoms with van der Waals surface area (Å²) in [4.78, 5) is 29.2. The van der Waals surface area contributed by atoms with Crippen molar-refractivity contribution in [2.75, 3.05) is 29.3 Å². The molecule has 4 rings (SSSR count). The molecule has 0 bridgehead atoms.